The van der Waals surface area contributed by atoms with E-state index in [1.807, 2.05) is 0 Å². The molecule has 1 N–H and O–H groups in total. The zero-order chi connectivity index (χ0) is 9.38. The van der Waals surface area contributed by atoms with Gasteiger partial charge in [0.05, 0.1) is 0 Å². The van der Waals surface area contributed by atoms with Crippen molar-refractivity contribution in [3.05, 3.63) is 12.2 Å². The smallest absolute Gasteiger partial charge is 0.00671 e. The van der Waals surface area contributed by atoms with Crippen molar-refractivity contribution in [2.45, 2.75) is 44.6 Å². The van der Waals surface area contributed by atoms with E-state index in [-0.39, 0.29) is 0 Å². The first-order chi connectivity index (χ1) is 6.92. The summed E-state index contributed by atoms with van der Waals surface area (Å²) < 4.78 is 0. The lowest BCUT2D eigenvalue weighted by Gasteiger charge is -2.21. The number of nitrogens with one attached hydrogen (secondary N) is 1. The summed E-state index contributed by atoms with van der Waals surface area (Å²) in [6.07, 6.45) is 13.6. The molecule has 1 nitrogen and oxygen atoms in total. The van der Waals surface area contributed by atoms with Crippen LogP contribution in [0.15, 0.2) is 12.2 Å². The van der Waals surface area contributed by atoms with Crippen molar-refractivity contribution in [3.8, 4) is 0 Å². The summed E-state index contributed by atoms with van der Waals surface area (Å²) in [5.41, 5.74) is 0. The van der Waals surface area contributed by atoms with E-state index in [9.17, 15) is 0 Å². The second-order valence-electron chi connectivity index (χ2n) is 5.43. The maximum atomic E-state index is 3.77. The summed E-state index contributed by atoms with van der Waals surface area (Å²) in [6, 6.07) is 0.859. The Morgan fingerprint density at radius 2 is 1.93 bits per heavy atom. The van der Waals surface area contributed by atoms with E-state index in [0.29, 0.717) is 0 Å². The van der Waals surface area contributed by atoms with Gasteiger partial charge in [-0.3, -0.25) is 0 Å². The Morgan fingerprint density at radius 1 is 1.07 bits per heavy atom. The van der Waals surface area contributed by atoms with Crippen LogP contribution < -0.4 is 5.32 Å². The Kier molecular flexibility index (Phi) is 2.36. The van der Waals surface area contributed by atoms with Crippen molar-refractivity contribution < 1.29 is 0 Å². The Labute approximate surface area is 87.0 Å². The quantitative estimate of drug-likeness (QED) is 0.676. The lowest BCUT2D eigenvalue weighted by molar-refractivity contribution is 0.383. The summed E-state index contributed by atoms with van der Waals surface area (Å²) in [5, 5.41) is 3.77. The molecule has 0 amide bonds. The molecule has 1 heteroatoms. The highest BCUT2D eigenvalue weighted by Crippen LogP contribution is 2.43. The van der Waals surface area contributed by atoms with Gasteiger partial charge in [-0.25, -0.2) is 0 Å². The molecule has 0 heterocycles. The molecular weight excluding hydrogens is 170 g/mol. The molecule has 0 radical (unpaired) electrons. The van der Waals surface area contributed by atoms with Gasteiger partial charge in [0.1, 0.15) is 0 Å². The minimum Gasteiger partial charge on any atom is -0.314 e. The zero-order valence-corrected chi connectivity index (χ0v) is 8.91. The van der Waals surface area contributed by atoms with Crippen LogP contribution >= 0.6 is 0 Å². The fraction of sp³-hybridized carbons (Fsp3) is 0.846. The van der Waals surface area contributed by atoms with Gasteiger partial charge in [0, 0.05) is 6.04 Å². The summed E-state index contributed by atoms with van der Waals surface area (Å²) in [5.74, 6) is 2.83. The van der Waals surface area contributed by atoms with E-state index >= 15 is 0 Å². The molecule has 0 spiro atoms. The van der Waals surface area contributed by atoms with Crippen molar-refractivity contribution in [2.75, 3.05) is 6.54 Å². The highest BCUT2D eigenvalue weighted by atomic mass is 14.9. The maximum Gasteiger partial charge on any atom is 0.00671 e. The molecule has 2 fully saturated rings. The third-order valence-corrected chi connectivity index (χ3v) is 4.44. The van der Waals surface area contributed by atoms with Crippen LogP contribution in [0.25, 0.3) is 0 Å². The predicted molar refractivity (Wildman–Crippen MR) is 59.1 cm³/mol. The van der Waals surface area contributed by atoms with Crippen molar-refractivity contribution in [2.24, 2.45) is 17.8 Å². The molecule has 2 saturated carbocycles. The molecule has 14 heavy (non-hydrogen) atoms. The van der Waals surface area contributed by atoms with Crippen molar-refractivity contribution in [1.82, 2.24) is 5.32 Å². The predicted octanol–water partition coefficient (Wildman–Crippen LogP) is 2.73. The molecule has 3 aliphatic rings. The van der Waals surface area contributed by atoms with Gasteiger partial charge in [-0.2, -0.15) is 0 Å². The van der Waals surface area contributed by atoms with Gasteiger partial charge < -0.3 is 5.32 Å². The third kappa shape index (κ3) is 1.63. The molecule has 3 aliphatic carbocycles. The minimum atomic E-state index is 0.859. The molecule has 0 saturated heterocycles. The fourth-order valence-electron chi connectivity index (χ4n) is 3.58. The van der Waals surface area contributed by atoms with Gasteiger partial charge in [0.15, 0.2) is 0 Å². The molecule has 0 unspecified atom stereocenters. The molecule has 3 rings (SSSR count). The number of allylic oxidation sites excluding steroid dienone is 2. The highest BCUT2D eigenvalue weighted by molar-refractivity contribution is 5.10. The first-order valence-corrected chi connectivity index (χ1v) is 6.33. The monoisotopic (exact) mass is 191 g/mol. The fourth-order valence-corrected chi connectivity index (χ4v) is 3.58. The van der Waals surface area contributed by atoms with E-state index < -0.39 is 0 Å². The average Bonchev–Trinajstić information content (AvgIpc) is 2.91. The van der Waals surface area contributed by atoms with Gasteiger partial charge in [-0.05, 0) is 50.0 Å². The van der Waals surface area contributed by atoms with Crippen LogP contribution in [0.4, 0.5) is 0 Å². The summed E-state index contributed by atoms with van der Waals surface area (Å²) in [4.78, 5) is 0. The van der Waals surface area contributed by atoms with Crippen LogP contribution in [-0.4, -0.2) is 12.6 Å². The maximum absolute atomic E-state index is 3.77. The first kappa shape index (κ1) is 8.96. The molecule has 0 aromatic rings. The number of fused-ring (bicyclic) bond motifs is 2. The summed E-state index contributed by atoms with van der Waals surface area (Å²) >= 11 is 0. The van der Waals surface area contributed by atoms with Crippen LogP contribution in [0.1, 0.15) is 38.5 Å². The van der Waals surface area contributed by atoms with E-state index in [0.717, 1.165) is 23.8 Å². The van der Waals surface area contributed by atoms with Gasteiger partial charge in [0.25, 0.3) is 0 Å². The van der Waals surface area contributed by atoms with Crippen LogP contribution in [0.5, 0.6) is 0 Å². The standard InChI is InChI=1S/C13H21N/c1-2-4-13(3-1)14-9-12-8-10-5-6-11(12)7-10/h5-6,10-14H,1-4,7-9H2/t10-,11+,12-/m1/s1. The lowest BCUT2D eigenvalue weighted by Crippen LogP contribution is -2.32. The van der Waals surface area contributed by atoms with E-state index in [1.165, 1.54) is 45.1 Å². The molecule has 2 bridgehead atoms. The first-order valence-electron chi connectivity index (χ1n) is 6.33. The largest absolute Gasteiger partial charge is 0.314 e. The van der Waals surface area contributed by atoms with Gasteiger partial charge in [0.2, 0.25) is 0 Å². The molecule has 0 aromatic carbocycles. The second kappa shape index (κ2) is 3.69. The second-order valence-corrected chi connectivity index (χ2v) is 5.43. The van der Waals surface area contributed by atoms with Gasteiger partial charge in [-0.15, -0.1) is 0 Å². The van der Waals surface area contributed by atoms with Crippen molar-refractivity contribution in [3.63, 3.8) is 0 Å². The molecule has 78 valence electrons. The minimum absolute atomic E-state index is 0.859. The Hall–Kier alpha value is -0.300. The van der Waals surface area contributed by atoms with E-state index in [4.69, 9.17) is 0 Å². The van der Waals surface area contributed by atoms with E-state index in [1.54, 1.807) is 0 Å². The molecular formula is C13H21N. The Bertz CT molecular complexity index is 227. The number of hydrogen-bond acceptors (Lipinski definition) is 1. The molecule has 0 aliphatic heterocycles. The highest BCUT2D eigenvalue weighted by Gasteiger charge is 2.35. The topological polar surface area (TPSA) is 12.0 Å². The Morgan fingerprint density at radius 3 is 2.57 bits per heavy atom. The van der Waals surface area contributed by atoms with Gasteiger partial charge in [-0.1, -0.05) is 25.0 Å². The van der Waals surface area contributed by atoms with Crippen LogP contribution in [-0.2, 0) is 0 Å². The summed E-state index contributed by atoms with van der Waals surface area (Å²) in [7, 11) is 0. The molecule has 3 atom stereocenters. The van der Waals surface area contributed by atoms with Crippen molar-refractivity contribution >= 4 is 0 Å². The lowest BCUT2D eigenvalue weighted by atomic mass is 9.93. The zero-order valence-electron chi connectivity index (χ0n) is 8.91. The Balaban J connectivity index is 1.47. The van der Waals surface area contributed by atoms with Crippen molar-refractivity contribution in [1.29, 1.82) is 0 Å². The SMILES string of the molecule is C1=C[C@H]2C[C@@H]1C[C@@H]2CNC1CCCC1. The third-order valence-electron chi connectivity index (χ3n) is 4.44. The van der Waals surface area contributed by atoms with Crippen LogP contribution in [0, 0.1) is 17.8 Å². The normalized spacial score (nSPS) is 41.3. The summed E-state index contributed by atoms with van der Waals surface area (Å²) in [6.45, 7) is 1.29. The van der Waals surface area contributed by atoms with Gasteiger partial charge >= 0.3 is 0 Å². The number of hydrogen-bond donors (Lipinski definition) is 1. The van der Waals surface area contributed by atoms with Crippen LogP contribution in [0.3, 0.4) is 0 Å². The number of rotatable bonds is 3. The molecule has 0 aromatic heterocycles. The van der Waals surface area contributed by atoms with Crippen LogP contribution in [0.2, 0.25) is 0 Å². The average molecular weight is 191 g/mol. The van der Waals surface area contributed by atoms with E-state index in [2.05, 4.69) is 17.5 Å².